The number of rotatable bonds is 7. The van der Waals surface area contributed by atoms with Crippen molar-refractivity contribution in [2.45, 2.75) is 44.9 Å². The van der Waals surface area contributed by atoms with Crippen molar-refractivity contribution in [3.05, 3.63) is 47.5 Å². The molecule has 1 aliphatic heterocycles. The SMILES string of the molecule is COc1cccc2cc(-c3nc4cc5c(cc4n3C)CCN(CC(N)C(C)F)C5=O)n(CC3CC3)c12. The van der Waals surface area contributed by atoms with Crippen LogP contribution in [0.2, 0.25) is 0 Å². The number of nitrogens with zero attached hydrogens (tertiary/aromatic N) is 4. The molecule has 2 atom stereocenters. The van der Waals surface area contributed by atoms with Gasteiger partial charge in [0, 0.05) is 37.6 Å². The number of imidazole rings is 1. The zero-order chi connectivity index (χ0) is 25.1. The highest BCUT2D eigenvalue weighted by Gasteiger charge is 2.30. The zero-order valence-corrected chi connectivity index (χ0v) is 21.0. The van der Waals surface area contributed by atoms with E-state index < -0.39 is 12.2 Å². The number of para-hydroxylation sites is 1. The van der Waals surface area contributed by atoms with Crippen LogP contribution in [-0.2, 0) is 20.0 Å². The lowest BCUT2D eigenvalue weighted by Gasteiger charge is -2.31. The number of amides is 1. The summed E-state index contributed by atoms with van der Waals surface area (Å²) in [4.78, 5) is 19.9. The van der Waals surface area contributed by atoms with Gasteiger partial charge in [0.05, 0.1) is 35.4 Å². The zero-order valence-electron chi connectivity index (χ0n) is 21.0. The second-order valence-electron chi connectivity index (χ2n) is 10.3. The Kier molecular flexibility index (Phi) is 5.52. The highest BCUT2D eigenvalue weighted by molar-refractivity contribution is 6.01. The van der Waals surface area contributed by atoms with E-state index in [0.717, 1.165) is 51.3 Å². The molecular weight excluding hydrogens is 457 g/mol. The van der Waals surface area contributed by atoms with Gasteiger partial charge in [0.25, 0.3) is 5.91 Å². The first kappa shape index (κ1) is 23.0. The molecule has 188 valence electrons. The fourth-order valence-electron chi connectivity index (χ4n) is 5.41. The number of alkyl halides is 1. The Labute approximate surface area is 209 Å². The number of carbonyl (C=O) groups is 1. The van der Waals surface area contributed by atoms with Gasteiger partial charge in [-0.1, -0.05) is 12.1 Å². The van der Waals surface area contributed by atoms with Gasteiger partial charge in [0.15, 0.2) is 5.82 Å². The summed E-state index contributed by atoms with van der Waals surface area (Å²) < 4.78 is 23.8. The summed E-state index contributed by atoms with van der Waals surface area (Å²) in [5.74, 6) is 2.30. The van der Waals surface area contributed by atoms with E-state index in [1.807, 2.05) is 25.2 Å². The molecule has 0 radical (unpaired) electrons. The Morgan fingerprint density at radius 3 is 2.78 bits per heavy atom. The van der Waals surface area contributed by atoms with Gasteiger partial charge in [-0.25, -0.2) is 9.37 Å². The number of carbonyl (C=O) groups excluding carboxylic acids is 1. The third kappa shape index (κ3) is 3.75. The Hall–Kier alpha value is -3.39. The van der Waals surface area contributed by atoms with Crippen LogP contribution in [0.4, 0.5) is 4.39 Å². The number of benzene rings is 2. The van der Waals surface area contributed by atoms with Crippen molar-refractivity contribution in [2.24, 2.45) is 18.7 Å². The Morgan fingerprint density at radius 1 is 1.25 bits per heavy atom. The number of hydrogen-bond acceptors (Lipinski definition) is 4. The molecule has 36 heavy (non-hydrogen) atoms. The molecule has 0 bridgehead atoms. The molecule has 1 fully saturated rings. The largest absolute Gasteiger partial charge is 0.495 e. The molecule has 8 heteroatoms. The predicted molar refractivity (Wildman–Crippen MR) is 139 cm³/mol. The molecule has 4 aromatic rings. The highest BCUT2D eigenvalue weighted by Crippen LogP contribution is 2.39. The molecule has 7 nitrogen and oxygen atoms in total. The number of aryl methyl sites for hydroxylation is 1. The molecule has 2 N–H and O–H groups in total. The van der Waals surface area contributed by atoms with Crippen molar-refractivity contribution >= 4 is 27.8 Å². The fourth-order valence-corrected chi connectivity index (χ4v) is 5.41. The molecule has 1 aliphatic carbocycles. The quantitative estimate of drug-likeness (QED) is 0.420. The summed E-state index contributed by atoms with van der Waals surface area (Å²) in [6, 6.07) is 11.6. The van der Waals surface area contributed by atoms with Crippen molar-refractivity contribution in [3.8, 4) is 17.3 Å². The Morgan fingerprint density at radius 2 is 2.06 bits per heavy atom. The molecule has 0 spiro atoms. The second kappa shape index (κ2) is 8.62. The fraction of sp³-hybridized carbons (Fsp3) is 0.429. The standard InChI is InChI=1S/C28H32FN5O2/c1-16(29)21(30)15-33-10-9-18-11-23-22(13-20(18)28(33)35)31-27(32(23)2)24-12-19-5-4-6-25(36-3)26(19)34(24)14-17-7-8-17/h4-6,11-13,16-17,21H,7-10,14-15,30H2,1-3H3. The number of fused-ring (bicyclic) bond motifs is 3. The number of nitrogens with two attached hydrogens (primary N) is 1. The van der Waals surface area contributed by atoms with E-state index in [2.05, 4.69) is 27.3 Å². The number of halogens is 1. The number of methoxy groups -OCH3 is 1. The maximum atomic E-state index is 13.6. The van der Waals surface area contributed by atoms with Crippen LogP contribution in [0.3, 0.4) is 0 Å². The van der Waals surface area contributed by atoms with Crippen molar-refractivity contribution < 1.29 is 13.9 Å². The first-order valence-corrected chi connectivity index (χ1v) is 12.7. The monoisotopic (exact) mass is 489 g/mol. The molecule has 1 saturated carbocycles. The summed E-state index contributed by atoms with van der Waals surface area (Å²) >= 11 is 0. The summed E-state index contributed by atoms with van der Waals surface area (Å²) in [5.41, 5.74) is 11.5. The predicted octanol–water partition coefficient (Wildman–Crippen LogP) is 4.30. The van der Waals surface area contributed by atoms with Gasteiger partial charge in [-0.2, -0.15) is 0 Å². The first-order chi connectivity index (χ1) is 17.4. The molecule has 2 aliphatic rings. The first-order valence-electron chi connectivity index (χ1n) is 12.7. The number of hydrogen-bond donors (Lipinski definition) is 1. The summed E-state index contributed by atoms with van der Waals surface area (Å²) in [5, 5.41) is 1.13. The minimum Gasteiger partial charge on any atom is -0.495 e. The van der Waals surface area contributed by atoms with E-state index >= 15 is 0 Å². The lowest BCUT2D eigenvalue weighted by molar-refractivity contribution is 0.0713. The van der Waals surface area contributed by atoms with Gasteiger partial charge < -0.3 is 24.5 Å². The summed E-state index contributed by atoms with van der Waals surface area (Å²) in [7, 11) is 3.75. The average Bonchev–Trinajstić information content (AvgIpc) is 3.54. The van der Waals surface area contributed by atoms with Crippen LogP contribution in [0.15, 0.2) is 36.4 Å². The Bertz CT molecular complexity index is 1480. The van der Waals surface area contributed by atoms with Gasteiger partial charge in [-0.05, 0) is 61.9 Å². The smallest absolute Gasteiger partial charge is 0.254 e. The third-order valence-electron chi connectivity index (χ3n) is 7.77. The highest BCUT2D eigenvalue weighted by atomic mass is 19.1. The van der Waals surface area contributed by atoms with E-state index in [-0.39, 0.29) is 12.5 Å². The van der Waals surface area contributed by atoms with Crippen LogP contribution in [0.1, 0.15) is 35.7 Å². The van der Waals surface area contributed by atoms with Crippen LogP contribution in [0, 0.1) is 5.92 Å². The normalized spacial score (nSPS) is 17.6. The van der Waals surface area contributed by atoms with E-state index in [0.29, 0.717) is 24.4 Å². The van der Waals surface area contributed by atoms with Crippen molar-refractivity contribution in [1.29, 1.82) is 0 Å². The van der Waals surface area contributed by atoms with E-state index in [9.17, 15) is 9.18 Å². The summed E-state index contributed by atoms with van der Waals surface area (Å²) in [6.45, 7) is 3.12. The van der Waals surface area contributed by atoms with E-state index in [1.165, 1.54) is 19.8 Å². The lowest BCUT2D eigenvalue weighted by Crippen LogP contribution is -2.47. The van der Waals surface area contributed by atoms with Crippen molar-refractivity contribution in [1.82, 2.24) is 19.0 Å². The number of aromatic nitrogens is 3. The summed E-state index contributed by atoms with van der Waals surface area (Å²) in [6.07, 6.45) is 2.03. The maximum Gasteiger partial charge on any atom is 0.254 e. The van der Waals surface area contributed by atoms with Gasteiger partial charge in [0.1, 0.15) is 11.9 Å². The Balaban J connectivity index is 1.45. The second-order valence-corrected chi connectivity index (χ2v) is 10.3. The molecule has 6 rings (SSSR count). The molecule has 2 aromatic heterocycles. The average molecular weight is 490 g/mol. The van der Waals surface area contributed by atoms with Gasteiger partial charge >= 0.3 is 0 Å². The lowest BCUT2D eigenvalue weighted by atomic mass is 9.97. The topological polar surface area (TPSA) is 78.3 Å². The minimum atomic E-state index is -1.17. The minimum absolute atomic E-state index is 0.103. The van der Waals surface area contributed by atoms with E-state index in [4.69, 9.17) is 15.5 Å². The van der Waals surface area contributed by atoms with Crippen LogP contribution in [0.25, 0.3) is 33.5 Å². The van der Waals surface area contributed by atoms with Gasteiger partial charge in [0.2, 0.25) is 0 Å². The van der Waals surface area contributed by atoms with Crippen molar-refractivity contribution in [3.63, 3.8) is 0 Å². The van der Waals surface area contributed by atoms with Crippen LogP contribution in [0.5, 0.6) is 5.75 Å². The van der Waals surface area contributed by atoms with Gasteiger partial charge in [-0.15, -0.1) is 0 Å². The van der Waals surface area contributed by atoms with Crippen LogP contribution >= 0.6 is 0 Å². The van der Waals surface area contributed by atoms with Crippen molar-refractivity contribution in [2.75, 3.05) is 20.2 Å². The molecule has 3 heterocycles. The molecule has 1 amide bonds. The molecule has 2 unspecified atom stereocenters. The third-order valence-corrected chi connectivity index (χ3v) is 7.77. The number of ether oxygens (including phenoxy) is 1. The maximum absolute atomic E-state index is 13.6. The van der Waals surface area contributed by atoms with Crippen LogP contribution < -0.4 is 10.5 Å². The van der Waals surface area contributed by atoms with Crippen LogP contribution in [-0.4, -0.2) is 57.3 Å². The molecule has 0 saturated heterocycles. The molecule has 2 aromatic carbocycles. The van der Waals surface area contributed by atoms with E-state index in [1.54, 1.807) is 12.0 Å². The van der Waals surface area contributed by atoms with Gasteiger partial charge in [-0.3, -0.25) is 4.79 Å². The molecular formula is C28H32FN5O2.